The Bertz CT molecular complexity index is 707. The molecule has 0 aliphatic carbocycles. The number of hydrogen-bond acceptors (Lipinski definition) is 3. The van der Waals surface area contributed by atoms with Crippen molar-refractivity contribution in [2.24, 2.45) is 0 Å². The first kappa shape index (κ1) is 14.5. The van der Waals surface area contributed by atoms with Crippen LogP contribution in [0.25, 0.3) is 0 Å². The molecule has 0 spiro atoms. The second kappa shape index (κ2) is 5.62. The summed E-state index contributed by atoms with van der Waals surface area (Å²) in [6.45, 7) is 1.61. The van der Waals surface area contributed by atoms with Gasteiger partial charge in [-0.2, -0.15) is 0 Å². The van der Waals surface area contributed by atoms with Gasteiger partial charge in [-0.25, -0.2) is 9.18 Å². The third-order valence-electron chi connectivity index (χ3n) is 2.94. The van der Waals surface area contributed by atoms with Gasteiger partial charge in [0.05, 0.1) is 5.56 Å². The van der Waals surface area contributed by atoms with Crippen molar-refractivity contribution < 1.29 is 24.2 Å². The topological polar surface area (TPSA) is 86.6 Å². The second-order valence-electron chi connectivity index (χ2n) is 4.42. The van der Waals surface area contributed by atoms with Crippen LogP contribution in [0.4, 0.5) is 10.1 Å². The van der Waals surface area contributed by atoms with Gasteiger partial charge >= 0.3 is 5.97 Å². The van der Waals surface area contributed by atoms with Gasteiger partial charge in [-0.3, -0.25) is 4.79 Å². The van der Waals surface area contributed by atoms with Gasteiger partial charge in [-0.15, -0.1) is 0 Å². The van der Waals surface area contributed by atoms with Crippen molar-refractivity contribution in [3.63, 3.8) is 0 Å². The standard InChI is InChI=1S/C15H12FNO4/c1-8-7-9(15(20)21)5-6-11(8)17-14(19)13-10(16)3-2-4-12(13)18/h2-7,18H,1H3,(H,17,19)(H,20,21). The smallest absolute Gasteiger partial charge is 0.335 e. The van der Waals surface area contributed by atoms with Crippen molar-refractivity contribution in [1.29, 1.82) is 0 Å². The molecule has 2 aromatic rings. The van der Waals surface area contributed by atoms with Gasteiger partial charge in [0, 0.05) is 5.69 Å². The maximum absolute atomic E-state index is 13.6. The summed E-state index contributed by atoms with van der Waals surface area (Å²) >= 11 is 0. The Labute approximate surface area is 119 Å². The van der Waals surface area contributed by atoms with Gasteiger partial charge in [0.15, 0.2) is 0 Å². The number of benzene rings is 2. The average Bonchev–Trinajstić information content (AvgIpc) is 2.40. The predicted molar refractivity (Wildman–Crippen MR) is 74.2 cm³/mol. The third kappa shape index (κ3) is 3.00. The van der Waals surface area contributed by atoms with E-state index in [1.807, 2.05) is 0 Å². The lowest BCUT2D eigenvalue weighted by molar-refractivity contribution is 0.0696. The Kier molecular flexibility index (Phi) is 3.89. The molecule has 108 valence electrons. The fourth-order valence-electron chi connectivity index (χ4n) is 1.86. The molecule has 0 radical (unpaired) electrons. The Morgan fingerprint density at radius 3 is 2.48 bits per heavy atom. The molecule has 2 rings (SSSR count). The number of phenolic OH excluding ortho intramolecular Hbond substituents is 1. The van der Waals surface area contributed by atoms with Crippen LogP contribution in [0.2, 0.25) is 0 Å². The molecule has 21 heavy (non-hydrogen) atoms. The maximum Gasteiger partial charge on any atom is 0.335 e. The van der Waals surface area contributed by atoms with Gasteiger partial charge in [0.25, 0.3) is 5.91 Å². The zero-order valence-corrected chi connectivity index (χ0v) is 11.1. The van der Waals surface area contributed by atoms with Gasteiger partial charge in [0.1, 0.15) is 17.1 Å². The fourth-order valence-corrected chi connectivity index (χ4v) is 1.86. The Morgan fingerprint density at radius 1 is 1.19 bits per heavy atom. The SMILES string of the molecule is Cc1cc(C(=O)O)ccc1NC(=O)c1c(O)cccc1F. The first-order valence-electron chi connectivity index (χ1n) is 6.03. The number of carboxylic acids is 1. The molecule has 0 bridgehead atoms. The molecule has 0 aliphatic heterocycles. The summed E-state index contributed by atoms with van der Waals surface area (Å²) in [5.41, 5.74) is 0.477. The first-order valence-corrected chi connectivity index (χ1v) is 6.03. The highest BCUT2D eigenvalue weighted by Gasteiger charge is 2.17. The number of aromatic hydroxyl groups is 1. The summed E-state index contributed by atoms with van der Waals surface area (Å²) in [5, 5.41) is 20.9. The largest absolute Gasteiger partial charge is 0.507 e. The van der Waals surface area contributed by atoms with E-state index in [-0.39, 0.29) is 5.56 Å². The number of carboxylic acid groups (broad SMARTS) is 1. The van der Waals surface area contributed by atoms with Crippen LogP contribution >= 0.6 is 0 Å². The van der Waals surface area contributed by atoms with E-state index in [0.29, 0.717) is 11.3 Å². The third-order valence-corrected chi connectivity index (χ3v) is 2.94. The molecule has 0 atom stereocenters. The molecule has 0 aliphatic rings. The molecule has 0 saturated carbocycles. The lowest BCUT2D eigenvalue weighted by Crippen LogP contribution is -2.15. The van der Waals surface area contributed by atoms with Crippen LogP contribution in [-0.4, -0.2) is 22.1 Å². The Balaban J connectivity index is 2.30. The molecule has 3 N–H and O–H groups in total. The number of rotatable bonds is 3. The summed E-state index contributed by atoms with van der Waals surface area (Å²) in [7, 11) is 0. The highest BCUT2D eigenvalue weighted by molar-refractivity contribution is 6.06. The van der Waals surface area contributed by atoms with E-state index in [0.717, 1.165) is 6.07 Å². The quantitative estimate of drug-likeness (QED) is 0.811. The van der Waals surface area contributed by atoms with E-state index < -0.39 is 29.0 Å². The van der Waals surface area contributed by atoms with Gasteiger partial charge in [-0.05, 0) is 42.8 Å². The van der Waals surface area contributed by atoms with Crippen LogP contribution in [0.15, 0.2) is 36.4 Å². The van der Waals surface area contributed by atoms with Crippen molar-refractivity contribution in [3.8, 4) is 5.75 Å². The van der Waals surface area contributed by atoms with Crippen LogP contribution in [0.1, 0.15) is 26.3 Å². The average molecular weight is 289 g/mol. The summed E-state index contributed by atoms with van der Waals surface area (Å²) in [4.78, 5) is 22.8. The molecule has 0 saturated heterocycles. The number of halogens is 1. The minimum Gasteiger partial charge on any atom is -0.507 e. The van der Waals surface area contributed by atoms with Crippen LogP contribution in [0.3, 0.4) is 0 Å². The fraction of sp³-hybridized carbons (Fsp3) is 0.0667. The molecule has 0 unspecified atom stereocenters. The predicted octanol–water partition coefficient (Wildman–Crippen LogP) is 2.79. The number of nitrogens with one attached hydrogen (secondary N) is 1. The molecule has 1 amide bonds. The molecule has 6 heteroatoms. The normalized spacial score (nSPS) is 10.2. The Hall–Kier alpha value is -2.89. The van der Waals surface area contributed by atoms with Crippen LogP contribution in [0.5, 0.6) is 5.75 Å². The number of phenols is 1. The maximum atomic E-state index is 13.6. The number of amides is 1. The molecule has 0 fully saturated rings. The number of hydrogen-bond donors (Lipinski definition) is 3. The van der Waals surface area contributed by atoms with Crippen molar-refractivity contribution in [1.82, 2.24) is 0 Å². The Morgan fingerprint density at radius 2 is 1.90 bits per heavy atom. The molecular weight excluding hydrogens is 277 g/mol. The van der Waals surface area contributed by atoms with E-state index in [1.54, 1.807) is 6.92 Å². The van der Waals surface area contributed by atoms with Gasteiger partial charge < -0.3 is 15.5 Å². The summed E-state index contributed by atoms with van der Waals surface area (Å²) in [5.74, 6) is -3.20. The number of aromatic carboxylic acids is 1. The van der Waals surface area contributed by atoms with Crippen molar-refractivity contribution >= 4 is 17.6 Å². The van der Waals surface area contributed by atoms with E-state index in [2.05, 4.69) is 5.32 Å². The van der Waals surface area contributed by atoms with E-state index >= 15 is 0 Å². The first-order chi connectivity index (χ1) is 9.90. The van der Waals surface area contributed by atoms with Crippen molar-refractivity contribution in [3.05, 3.63) is 58.9 Å². The number of anilines is 1. The van der Waals surface area contributed by atoms with Gasteiger partial charge in [-0.1, -0.05) is 6.07 Å². The van der Waals surface area contributed by atoms with E-state index in [4.69, 9.17) is 5.11 Å². The summed E-state index contributed by atoms with van der Waals surface area (Å²) in [6, 6.07) is 7.68. The van der Waals surface area contributed by atoms with E-state index in [1.165, 1.54) is 30.3 Å². The lowest BCUT2D eigenvalue weighted by atomic mass is 10.1. The molecule has 0 heterocycles. The highest BCUT2D eigenvalue weighted by Crippen LogP contribution is 2.23. The van der Waals surface area contributed by atoms with Crippen LogP contribution in [-0.2, 0) is 0 Å². The number of aryl methyl sites for hydroxylation is 1. The molecule has 5 nitrogen and oxygen atoms in total. The van der Waals surface area contributed by atoms with Crippen LogP contribution < -0.4 is 5.32 Å². The summed E-state index contributed by atoms with van der Waals surface area (Å²) < 4.78 is 13.6. The van der Waals surface area contributed by atoms with E-state index in [9.17, 15) is 19.1 Å². The van der Waals surface area contributed by atoms with Crippen molar-refractivity contribution in [2.75, 3.05) is 5.32 Å². The number of carbonyl (C=O) groups excluding carboxylic acids is 1. The van der Waals surface area contributed by atoms with Crippen LogP contribution in [0, 0.1) is 12.7 Å². The monoisotopic (exact) mass is 289 g/mol. The van der Waals surface area contributed by atoms with Crippen molar-refractivity contribution in [2.45, 2.75) is 6.92 Å². The van der Waals surface area contributed by atoms with Gasteiger partial charge in [0.2, 0.25) is 0 Å². The highest BCUT2D eigenvalue weighted by atomic mass is 19.1. The molecule has 2 aromatic carbocycles. The summed E-state index contributed by atoms with van der Waals surface area (Å²) in [6.07, 6.45) is 0. The zero-order valence-electron chi connectivity index (χ0n) is 11.1. The zero-order chi connectivity index (χ0) is 15.6. The minimum absolute atomic E-state index is 0.0826. The molecular formula is C15H12FNO4. The lowest BCUT2D eigenvalue weighted by Gasteiger charge is -2.10. The number of carbonyl (C=O) groups is 2. The minimum atomic E-state index is -1.08. The molecule has 0 aromatic heterocycles. The second-order valence-corrected chi connectivity index (χ2v) is 4.42.